The summed E-state index contributed by atoms with van der Waals surface area (Å²) in [6, 6.07) is 12.5. The maximum atomic E-state index is 11.8. The van der Waals surface area contributed by atoms with Gasteiger partial charge in [0, 0.05) is 36.3 Å². The summed E-state index contributed by atoms with van der Waals surface area (Å²) in [7, 11) is 0. The number of amides is 3. The monoisotopic (exact) mass is 753 g/mol. The normalized spacial score (nSPS) is 15.0. The van der Waals surface area contributed by atoms with Crippen LogP contribution in [0.2, 0.25) is 0 Å². The van der Waals surface area contributed by atoms with E-state index in [0.29, 0.717) is 72.5 Å². The zero-order valence-electron chi connectivity index (χ0n) is 32.0. The van der Waals surface area contributed by atoms with E-state index in [1.54, 1.807) is 47.6 Å². The Morgan fingerprint density at radius 1 is 0.782 bits per heavy atom. The third-order valence-corrected chi connectivity index (χ3v) is 9.48. The van der Waals surface area contributed by atoms with Gasteiger partial charge >= 0.3 is 0 Å². The number of likely N-dealkylation sites (tertiary alicyclic amines) is 1. The lowest BCUT2D eigenvalue weighted by molar-refractivity contribution is -0.131. The van der Waals surface area contributed by atoms with E-state index in [-0.39, 0.29) is 24.5 Å². The summed E-state index contributed by atoms with van der Waals surface area (Å²) in [4.78, 5) is 45.9. The number of piperidine rings is 2. The van der Waals surface area contributed by atoms with E-state index < -0.39 is 11.8 Å². The molecule has 4 aromatic rings. The zero-order chi connectivity index (χ0) is 39.5. The van der Waals surface area contributed by atoms with E-state index in [1.807, 2.05) is 39.8 Å². The van der Waals surface area contributed by atoms with Crippen LogP contribution < -0.4 is 35.7 Å². The summed E-state index contributed by atoms with van der Waals surface area (Å²) in [5.41, 5.74) is 11.7. The molecular weight excluding hydrogens is 702 g/mol. The number of rotatable bonds is 13. The highest BCUT2D eigenvalue weighted by atomic mass is 16.5. The maximum Gasteiger partial charge on any atom is 0.252 e. The van der Waals surface area contributed by atoms with Crippen molar-refractivity contribution in [2.75, 3.05) is 39.4 Å². The van der Waals surface area contributed by atoms with Crippen molar-refractivity contribution in [3.8, 4) is 29.3 Å². The molecule has 0 atom stereocenters. The highest BCUT2D eigenvalue weighted by Gasteiger charge is 2.24. The number of hydrogen-bond donors (Lipinski definition) is 3. The lowest BCUT2D eigenvalue weighted by Crippen LogP contribution is -2.39. The summed E-state index contributed by atoms with van der Waals surface area (Å²) in [5, 5.41) is 15.3. The minimum Gasteiger partial charge on any atom is -0.490 e. The minimum absolute atomic E-state index is 0.0636. The Morgan fingerprint density at radius 3 is 1.65 bits per heavy atom. The number of carbonyl (C=O) groups excluding carboxylic acids is 3. The van der Waals surface area contributed by atoms with Gasteiger partial charge in [-0.15, -0.1) is 0 Å². The van der Waals surface area contributed by atoms with Crippen molar-refractivity contribution >= 4 is 39.3 Å². The van der Waals surface area contributed by atoms with Gasteiger partial charge in [-0.05, 0) is 125 Å². The van der Waals surface area contributed by atoms with Crippen molar-refractivity contribution in [1.82, 2.24) is 20.2 Å². The maximum absolute atomic E-state index is 11.8. The summed E-state index contributed by atoms with van der Waals surface area (Å²) >= 11 is 0. The number of nitriles is 1. The first-order valence-corrected chi connectivity index (χ1v) is 18.8. The molecule has 0 saturated carbocycles. The van der Waals surface area contributed by atoms with Crippen LogP contribution in [0.4, 0.5) is 0 Å². The number of hydrogen-bond acceptors (Lipinski definition) is 11. The van der Waals surface area contributed by atoms with Gasteiger partial charge in [0.2, 0.25) is 17.7 Å². The molecule has 4 heterocycles. The number of pyridine rings is 2. The molecule has 3 amide bonds. The third kappa shape index (κ3) is 10.9. The Balaban J connectivity index is 0.000000214. The van der Waals surface area contributed by atoms with Gasteiger partial charge in [0.1, 0.15) is 17.9 Å². The van der Waals surface area contributed by atoms with Gasteiger partial charge in [-0.25, -0.2) is 9.97 Å². The zero-order valence-corrected chi connectivity index (χ0v) is 32.0. The number of nitrogens with zero attached hydrogens (tertiary/aromatic N) is 4. The summed E-state index contributed by atoms with van der Waals surface area (Å²) in [6.07, 6.45) is 6.92. The largest absolute Gasteiger partial charge is 0.490 e. The van der Waals surface area contributed by atoms with Crippen LogP contribution in [-0.2, 0) is 4.79 Å². The average Bonchev–Trinajstić information content (AvgIpc) is 3.16. The molecule has 2 fully saturated rings. The predicted octanol–water partition coefficient (Wildman–Crippen LogP) is 5.15. The van der Waals surface area contributed by atoms with Crippen LogP contribution in [0.15, 0.2) is 48.8 Å². The Bertz CT molecular complexity index is 2020. The molecule has 2 saturated heterocycles. The van der Waals surface area contributed by atoms with Gasteiger partial charge in [-0.3, -0.25) is 14.4 Å². The van der Waals surface area contributed by atoms with E-state index in [0.717, 1.165) is 60.3 Å². The van der Waals surface area contributed by atoms with Crippen molar-refractivity contribution in [2.45, 2.75) is 72.0 Å². The number of fused-ring (bicyclic) bond motifs is 2. The van der Waals surface area contributed by atoms with Crippen LogP contribution in [-0.4, -0.2) is 84.2 Å². The molecule has 5 N–H and O–H groups in total. The molecule has 0 bridgehead atoms. The molecule has 0 radical (unpaired) electrons. The third-order valence-electron chi connectivity index (χ3n) is 9.48. The van der Waals surface area contributed by atoms with Crippen LogP contribution >= 0.6 is 0 Å². The van der Waals surface area contributed by atoms with E-state index >= 15 is 0 Å². The van der Waals surface area contributed by atoms with Crippen LogP contribution in [0.25, 0.3) is 21.5 Å². The van der Waals surface area contributed by atoms with Crippen LogP contribution in [0, 0.1) is 23.2 Å². The highest BCUT2D eigenvalue weighted by Crippen LogP contribution is 2.33. The lowest BCUT2D eigenvalue weighted by Gasteiger charge is -2.31. The van der Waals surface area contributed by atoms with Crippen molar-refractivity contribution < 1.29 is 33.3 Å². The molecule has 2 aliphatic rings. The summed E-state index contributed by atoms with van der Waals surface area (Å²) in [5.74, 6) is 1.58. The molecule has 0 aliphatic carbocycles. The number of nitrogens with two attached hydrogens (primary N) is 2. The quantitative estimate of drug-likeness (QED) is 0.163. The van der Waals surface area contributed by atoms with Crippen molar-refractivity contribution in [3.63, 3.8) is 0 Å². The fourth-order valence-electron chi connectivity index (χ4n) is 6.64. The van der Waals surface area contributed by atoms with Crippen LogP contribution in [0.1, 0.15) is 80.5 Å². The number of aromatic nitrogens is 2. The Hall–Kier alpha value is -5.68. The molecule has 0 unspecified atom stereocenters. The van der Waals surface area contributed by atoms with E-state index in [2.05, 4.69) is 15.3 Å². The smallest absolute Gasteiger partial charge is 0.252 e. The van der Waals surface area contributed by atoms with E-state index in [1.165, 1.54) is 0 Å². The second-order valence-corrected chi connectivity index (χ2v) is 14.4. The Morgan fingerprint density at radius 2 is 1.24 bits per heavy atom. The molecule has 2 aromatic carbocycles. The molecule has 55 heavy (non-hydrogen) atoms. The molecule has 14 heteroatoms. The standard InChI is InChI=1S/C22H26N4O4.C19H25N3O3/c1-14(2)30-19-12-17-16(11-18(19)21(24)28)4-8-25-22(17)29-13-15-5-9-26(10-6-15)20(27)3-7-23;1-12(2)25-17-10-15-14(9-16(17)18(20)23)5-8-22-19(15)24-11-13-3-6-21-7-4-13/h4,8,11-12,14-15H,3,5-6,9-10,13H2,1-2H3,(H2,24,28);5,8-10,12-13,21H,3-4,6-7,11H2,1-2H3,(H2,20,23). The first-order chi connectivity index (χ1) is 26.4. The second kappa shape index (κ2) is 19.1. The Kier molecular flexibility index (Phi) is 14.0. The molecule has 6 rings (SSSR count). The first kappa shape index (κ1) is 40.5. The van der Waals surface area contributed by atoms with Crippen molar-refractivity contribution in [2.24, 2.45) is 23.3 Å². The van der Waals surface area contributed by atoms with E-state index in [9.17, 15) is 14.4 Å². The molecular formula is C41H51N7O7. The van der Waals surface area contributed by atoms with Crippen molar-refractivity contribution in [3.05, 3.63) is 59.9 Å². The molecule has 292 valence electrons. The molecule has 14 nitrogen and oxygen atoms in total. The molecule has 2 aliphatic heterocycles. The predicted molar refractivity (Wildman–Crippen MR) is 208 cm³/mol. The Labute approximate surface area is 321 Å². The molecule has 0 spiro atoms. The van der Waals surface area contributed by atoms with E-state index in [4.69, 9.17) is 35.7 Å². The van der Waals surface area contributed by atoms with Crippen molar-refractivity contribution in [1.29, 1.82) is 5.26 Å². The number of nitrogens with one attached hydrogen (secondary N) is 1. The summed E-state index contributed by atoms with van der Waals surface area (Å²) < 4.78 is 23.6. The second-order valence-electron chi connectivity index (χ2n) is 14.4. The molecule has 2 aromatic heterocycles. The first-order valence-electron chi connectivity index (χ1n) is 18.8. The van der Waals surface area contributed by atoms with Crippen LogP contribution in [0.5, 0.6) is 23.3 Å². The van der Waals surface area contributed by atoms with Gasteiger partial charge in [-0.1, -0.05) is 0 Å². The van der Waals surface area contributed by atoms with Gasteiger partial charge < -0.3 is 40.6 Å². The van der Waals surface area contributed by atoms with Gasteiger partial charge in [0.15, 0.2) is 0 Å². The number of benzene rings is 2. The fraction of sp³-hybridized carbons (Fsp3) is 0.463. The number of carbonyl (C=O) groups is 3. The average molecular weight is 754 g/mol. The highest BCUT2D eigenvalue weighted by molar-refractivity contribution is 6.02. The number of primary amides is 2. The van der Waals surface area contributed by atoms with Crippen LogP contribution in [0.3, 0.4) is 0 Å². The SMILES string of the molecule is CC(C)Oc1cc2c(OCC3CCN(C(=O)CC#N)CC3)nccc2cc1C(N)=O.CC(C)Oc1cc2c(OCC3CCNCC3)nccc2cc1C(N)=O. The van der Waals surface area contributed by atoms with Gasteiger partial charge in [-0.2, -0.15) is 5.26 Å². The fourth-order valence-corrected chi connectivity index (χ4v) is 6.64. The van der Waals surface area contributed by atoms with Gasteiger partial charge in [0.25, 0.3) is 11.8 Å². The topological polar surface area (TPSA) is 205 Å². The lowest BCUT2D eigenvalue weighted by atomic mass is 9.97. The minimum atomic E-state index is -0.551. The summed E-state index contributed by atoms with van der Waals surface area (Å²) in [6.45, 7) is 12.0. The number of ether oxygens (including phenoxy) is 4. The van der Waals surface area contributed by atoms with Gasteiger partial charge in [0.05, 0.1) is 42.6 Å².